The molecule has 2 bridgehead atoms. The normalized spacial score (nSPS) is 28.6. The lowest BCUT2D eigenvalue weighted by Gasteiger charge is -2.49. The predicted octanol–water partition coefficient (Wildman–Crippen LogP) is 2.87. The fraction of sp³-hybridized carbons (Fsp3) is 0.444. The molecule has 1 aromatic carbocycles. The number of thioether (sulfide) groups is 1. The highest BCUT2D eigenvalue weighted by Crippen LogP contribution is 2.51. The third kappa shape index (κ3) is 2.57. The summed E-state index contributed by atoms with van der Waals surface area (Å²) >= 11 is 1.68. The van der Waals surface area contributed by atoms with Gasteiger partial charge in [0.05, 0.1) is 11.8 Å². The molecule has 0 unspecified atom stereocenters. The van der Waals surface area contributed by atoms with Crippen LogP contribution in [-0.4, -0.2) is 36.8 Å². The number of allylic oxidation sites excluding steroid dienone is 1. The lowest BCUT2D eigenvalue weighted by molar-refractivity contribution is -0.236. The Kier molecular flexibility index (Phi) is 4.45. The van der Waals surface area contributed by atoms with Crippen molar-refractivity contribution >= 4 is 23.3 Å². The zero-order chi connectivity index (χ0) is 16.6. The van der Waals surface area contributed by atoms with Gasteiger partial charge in [0.15, 0.2) is 5.78 Å². The minimum atomic E-state index is -1.33. The number of rotatable bonds is 5. The predicted molar refractivity (Wildman–Crippen MR) is 88.2 cm³/mol. The van der Waals surface area contributed by atoms with E-state index < -0.39 is 5.79 Å². The number of ether oxygens (including phenoxy) is 2. The highest BCUT2D eigenvalue weighted by atomic mass is 32.2. The van der Waals surface area contributed by atoms with Crippen LogP contribution in [0.5, 0.6) is 0 Å². The van der Waals surface area contributed by atoms with Gasteiger partial charge in [0.25, 0.3) is 0 Å². The second-order valence-electron chi connectivity index (χ2n) is 5.90. The summed E-state index contributed by atoms with van der Waals surface area (Å²) in [5, 5.41) is 0.0939. The third-order valence-corrected chi connectivity index (χ3v) is 6.08. The lowest BCUT2D eigenvalue weighted by atomic mass is 9.65. The zero-order valence-electron chi connectivity index (χ0n) is 13.4. The Labute approximate surface area is 140 Å². The zero-order valence-corrected chi connectivity index (χ0v) is 14.3. The summed E-state index contributed by atoms with van der Waals surface area (Å²) in [5.41, 5.74) is 0.656. The van der Waals surface area contributed by atoms with Crippen LogP contribution in [0.2, 0.25) is 0 Å². The first-order chi connectivity index (χ1) is 11.0. The van der Waals surface area contributed by atoms with E-state index in [9.17, 15) is 9.59 Å². The number of fused-ring (bicyclic) bond motifs is 2. The SMILES string of the molecule is COC1(OC)C(=O)[C@H]2C=C(C(C)=O)[C@@H]1C[C@@H]2Sc1ccccc1. The van der Waals surface area contributed by atoms with Crippen molar-refractivity contribution in [2.45, 2.75) is 29.3 Å². The molecule has 3 aliphatic carbocycles. The summed E-state index contributed by atoms with van der Waals surface area (Å²) < 4.78 is 11.0. The Balaban J connectivity index is 1.96. The number of Topliss-reactive ketones (excluding diaryl/α,β-unsaturated/α-hetero) is 2. The van der Waals surface area contributed by atoms with Gasteiger partial charge in [-0.05, 0) is 25.5 Å². The van der Waals surface area contributed by atoms with Crippen LogP contribution in [-0.2, 0) is 19.1 Å². The molecule has 23 heavy (non-hydrogen) atoms. The van der Waals surface area contributed by atoms with Gasteiger partial charge in [0.1, 0.15) is 0 Å². The largest absolute Gasteiger partial charge is 0.346 e. The van der Waals surface area contributed by atoms with Crippen molar-refractivity contribution in [3.63, 3.8) is 0 Å². The van der Waals surface area contributed by atoms with Gasteiger partial charge in [0.2, 0.25) is 11.6 Å². The molecule has 1 fully saturated rings. The van der Waals surface area contributed by atoms with E-state index in [1.54, 1.807) is 11.8 Å². The quantitative estimate of drug-likeness (QED) is 0.776. The van der Waals surface area contributed by atoms with Crippen LogP contribution in [0.1, 0.15) is 13.3 Å². The first kappa shape index (κ1) is 16.4. The number of benzene rings is 1. The van der Waals surface area contributed by atoms with Crippen molar-refractivity contribution in [1.82, 2.24) is 0 Å². The molecule has 3 aliphatic rings. The summed E-state index contributed by atoms with van der Waals surface area (Å²) in [6.07, 6.45) is 2.51. The maximum absolute atomic E-state index is 12.9. The molecule has 4 nitrogen and oxygen atoms in total. The number of hydrogen-bond acceptors (Lipinski definition) is 5. The molecule has 0 spiro atoms. The van der Waals surface area contributed by atoms with Gasteiger partial charge < -0.3 is 9.47 Å². The minimum absolute atomic E-state index is 0.0193. The Morgan fingerprint density at radius 1 is 1.22 bits per heavy atom. The first-order valence-electron chi connectivity index (χ1n) is 7.62. The number of methoxy groups -OCH3 is 2. The fourth-order valence-corrected chi connectivity index (χ4v) is 4.96. The Hall–Kier alpha value is -1.43. The molecule has 5 heteroatoms. The van der Waals surface area contributed by atoms with Crippen molar-refractivity contribution in [2.24, 2.45) is 11.8 Å². The Morgan fingerprint density at radius 3 is 2.43 bits per heavy atom. The van der Waals surface area contributed by atoms with Gasteiger partial charge >= 0.3 is 0 Å². The Morgan fingerprint density at radius 2 is 1.87 bits per heavy atom. The van der Waals surface area contributed by atoms with Crippen LogP contribution in [0, 0.1) is 11.8 Å². The van der Waals surface area contributed by atoms with Gasteiger partial charge in [0, 0.05) is 29.9 Å². The van der Waals surface area contributed by atoms with Crippen molar-refractivity contribution < 1.29 is 19.1 Å². The van der Waals surface area contributed by atoms with Gasteiger partial charge in [-0.2, -0.15) is 0 Å². The molecule has 0 saturated heterocycles. The molecule has 1 saturated carbocycles. The summed E-state index contributed by atoms with van der Waals surface area (Å²) in [5.74, 6) is -2.15. The van der Waals surface area contributed by atoms with Crippen LogP contribution in [0.15, 0.2) is 46.9 Å². The maximum Gasteiger partial charge on any atom is 0.236 e. The second kappa shape index (κ2) is 6.23. The molecule has 0 N–H and O–H groups in total. The van der Waals surface area contributed by atoms with Gasteiger partial charge in [-0.15, -0.1) is 11.8 Å². The molecule has 0 aromatic heterocycles. The van der Waals surface area contributed by atoms with E-state index in [-0.39, 0.29) is 28.7 Å². The van der Waals surface area contributed by atoms with E-state index in [0.29, 0.717) is 12.0 Å². The third-order valence-electron chi connectivity index (χ3n) is 4.75. The lowest BCUT2D eigenvalue weighted by Crippen LogP contribution is -2.61. The number of carbonyl (C=O) groups excluding carboxylic acids is 2. The highest BCUT2D eigenvalue weighted by Gasteiger charge is 2.60. The molecule has 0 aliphatic heterocycles. The van der Waals surface area contributed by atoms with E-state index in [4.69, 9.17) is 9.47 Å². The van der Waals surface area contributed by atoms with E-state index in [2.05, 4.69) is 0 Å². The van der Waals surface area contributed by atoms with Crippen molar-refractivity contribution in [1.29, 1.82) is 0 Å². The Bertz CT molecular complexity index is 648. The topological polar surface area (TPSA) is 52.6 Å². The average molecular weight is 332 g/mol. The van der Waals surface area contributed by atoms with Crippen molar-refractivity contribution in [2.75, 3.05) is 14.2 Å². The molecular weight excluding hydrogens is 312 g/mol. The molecular formula is C18H20O4S. The van der Waals surface area contributed by atoms with Crippen LogP contribution in [0.3, 0.4) is 0 Å². The number of ketones is 2. The van der Waals surface area contributed by atoms with E-state index in [1.807, 2.05) is 36.4 Å². The number of hydrogen-bond donors (Lipinski definition) is 0. The summed E-state index contributed by atoms with van der Waals surface area (Å²) in [7, 11) is 2.94. The van der Waals surface area contributed by atoms with Crippen LogP contribution >= 0.6 is 11.8 Å². The van der Waals surface area contributed by atoms with Crippen LogP contribution < -0.4 is 0 Å². The van der Waals surface area contributed by atoms with Gasteiger partial charge in [-0.3, -0.25) is 9.59 Å². The van der Waals surface area contributed by atoms with E-state index in [1.165, 1.54) is 21.1 Å². The average Bonchev–Trinajstić information content (AvgIpc) is 2.56. The molecule has 0 radical (unpaired) electrons. The van der Waals surface area contributed by atoms with Crippen molar-refractivity contribution in [3.8, 4) is 0 Å². The summed E-state index contributed by atoms with van der Waals surface area (Å²) in [4.78, 5) is 26.0. The van der Waals surface area contributed by atoms with Gasteiger partial charge in [-0.25, -0.2) is 0 Å². The minimum Gasteiger partial charge on any atom is -0.346 e. The maximum atomic E-state index is 12.9. The molecule has 1 aromatic rings. The molecule has 4 rings (SSSR count). The first-order valence-corrected chi connectivity index (χ1v) is 8.50. The molecule has 0 amide bonds. The van der Waals surface area contributed by atoms with E-state index >= 15 is 0 Å². The highest BCUT2D eigenvalue weighted by molar-refractivity contribution is 8.00. The smallest absolute Gasteiger partial charge is 0.236 e. The fourth-order valence-electron chi connectivity index (χ4n) is 3.66. The molecule has 0 heterocycles. The molecule has 3 atom stereocenters. The van der Waals surface area contributed by atoms with E-state index in [0.717, 1.165) is 4.90 Å². The summed E-state index contributed by atoms with van der Waals surface area (Å²) in [6.45, 7) is 1.53. The van der Waals surface area contributed by atoms with Gasteiger partial charge in [-0.1, -0.05) is 24.3 Å². The standard InChI is InChI=1S/C18H20O4S/c1-11(19)13-9-14-16(23-12-7-5-4-6-8-12)10-15(13)18(21-2,22-3)17(14)20/h4-9,14-16H,10H2,1-3H3/t14-,15-,16-/m0/s1. The monoisotopic (exact) mass is 332 g/mol. The summed E-state index contributed by atoms with van der Waals surface area (Å²) in [6, 6.07) is 10.0. The van der Waals surface area contributed by atoms with Crippen LogP contribution in [0.4, 0.5) is 0 Å². The molecule has 122 valence electrons. The number of carbonyl (C=O) groups is 2. The van der Waals surface area contributed by atoms with Crippen LogP contribution in [0.25, 0.3) is 0 Å². The second-order valence-corrected chi connectivity index (χ2v) is 7.21. The van der Waals surface area contributed by atoms with Crippen molar-refractivity contribution in [3.05, 3.63) is 42.0 Å².